The van der Waals surface area contributed by atoms with Crippen LogP contribution in [0.4, 0.5) is 0 Å². The molecule has 2 rings (SSSR count). The number of hydrazine groups is 1. The lowest BCUT2D eigenvalue weighted by atomic mass is 9.95. The molecule has 1 heterocycles. The van der Waals surface area contributed by atoms with Crippen molar-refractivity contribution >= 4 is 11.8 Å². The molecule has 1 saturated heterocycles. The van der Waals surface area contributed by atoms with Crippen LogP contribution in [-0.4, -0.2) is 35.9 Å². The van der Waals surface area contributed by atoms with E-state index in [1.54, 1.807) is 17.0 Å². The molecule has 1 aliphatic rings. The average molecular weight is 319 g/mol. The Morgan fingerprint density at radius 1 is 1.30 bits per heavy atom. The lowest BCUT2D eigenvalue weighted by molar-refractivity contribution is -0.126. The molecule has 1 atom stereocenters. The van der Waals surface area contributed by atoms with Gasteiger partial charge in [0.05, 0.1) is 6.10 Å². The number of carbonyl (C=O) groups excluding carboxylic acids is 2. The van der Waals surface area contributed by atoms with Crippen molar-refractivity contribution in [3.63, 3.8) is 0 Å². The van der Waals surface area contributed by atoms with E-state index in [0.29, 0.717) is 31.5 Å². The van der Waals surface area contributed by atoms with E-state index in [2.05, 4.69) is 12.3 Å². The minimum Gasteiger partial charge on any atom is -0.491 e. The highest BCUT2D eigenvalue weighted by Crippen LogP contribution is 2.21. The van der Waals surface area contributed by atoms with Gasteiger partial charge in [0.2, 0.25) is 5.91 Å². The molecule has 1 aromatic carbocycles. The summed E-state index contributed by atoms with van der Waals surface area (Å²) >= 11 is 0. The molecule has 6 heteroatoms. The van der Waals surface area contributed by atoms with Gasteiger partial charge in [-0.3, -0.25) is 15.0 Å². The number of nitrogens with one attached hydrogen (secondary N) is 1. The fourth-order valence-electron chi connectivity index (χ4n) is 2.64. The van der Waals surface area contributed by atoms with Gasteiger partial charge in [0.25, 0.3) is 5.91 Å². The molecule has 0 aromatic heterocycles. The highest BCUT2D eigenvalue weighted by Gasteiger charge is 2.27. The van der Waals surface area contributed by atoms with Crippen LogP contribution in [0.15, 0.2) is 24.3 Å². The van der Waals surface area contributed by atoms with E-state index >= 15 is 0 Å². The first-order valence-corrected chi connectivity index (χ1v) is 8.11. The van der Waals surface area contributed by atoms with Crippen molar-refractivity contribution in [2.75, 3.05) is 13.1 Å². The quantitative estimate of drug-likeness (QED) is 0.491. The van der Waals surface area contributed by atoms with Crippen molar-refractivity contribution in [2.45, 2.75) is 39.2 Å². The molecule has 23 heavy (non-hydrogen) atoms. The molecule has 0 radical (unpaired) electrons. The third kappa shape index (κ3) is 4.45. The van der Waals surface area contributed by atoms with Crippen LogP contribution in [-0.2, 0) is 4.79 Å². The molecule has 0 saturated carbocycles. The molecule has 3 N–H and O–H groups in total. The molecule has 1 aliphatic heterocycles. The second-order valence-corrected chi connectivity index (χ2v) is 5.94. The molecule has 126 valence electrons. The number of hydrogen-bond donors (Lipinski definition) is 2. The second-order valence-electron chi connectivity index (χ2n) is 5.94. The average Bonchev–Trinajstić information content (AvgIpc) is 2.61. The molecule has 1 fully saturated rings. The summed E-state index contributed by atoms with van der Waals surface area (Å²) in [5.74, 6) is 5.67. The van der Waals surface area contributed by atoms with Gasteiger partial charge >= 0.3 is 0 Å². The first-order valence-electron chi connectivity index (χ1n) is 8.11. The number of carbonyl (C=O) groups is 2. The molecule has 1 unspecified atom stereocenters. The summed E-state index contributed by atoms with van der Waals surface area (Å²) in [6.45, 7) is 5.22. The minimum absolute atomic E-state index is 0.00769. The van der Waals surface area contributed by atoms with E-state index in [1.807, 2.05) is 19.1 Å². The summed E-state index contributed by atoms with van der Waals surface area (Å²) in [7, 11) is 0. The lowest BCUT2D eigenvalue weighted by Crippen LogP contribution is -2.44. The zero-order valence-electron chi connectivity index (χ0n) is 13.7. The fraction of sp³-hybridized carbons (Fsp3) is 0.529. The number of hydrogen-bond acceptors (Lipinski definition) is 4. The van der Waals surface area contributed by atoms with Gasteiger partial charge in [0.1, 0.15) is 5.75 Å². The van der Waals surface area contributed by atoms with E-state index in [9.17, 15) is 9.59 Å². The Kier molecular flexibility index (Phi) is 5.98. The smallest absolute Gasteiger partial charge is 0.253 e. The Hall–Kier alpha value is -2.08. The molecular weight excluding hydrogens is 294 g/mol. The van der Waals surface area contributed by atoms with Crippen LogP contribution in [0.5, 0.6) is 5.75 Å². The first kappa shape index (κ1) is 17.3. The number of piperidine rings is 1. The highest BCUT2D eigenvalue weighted by atomic mass is 16.5. The monoisotopic (exact) mass is 319 g/mol. The van der Waals surface area contributed by atoms with Crippen LogP contribution in [0.2, 0.25) is 0 Å². The predicted molar refractivity (Wildman–Crippen MR) is 87.8 cm³/mol. The van der Waals surface area contributed by atoms with E-state index in [1.165, 1.54) is 0 Å². The summed E-state index contributed by atoms with van der Waals surface area (Å²) in [6, 6.07) is 7.24. The van der Waals surface area contributed by atoms with Crippen molar-refractivity contribution in [1.29, 1.82) is 0 Å². The van der Waals surface area contributed by atoms with Crippen LogP contribution in [0.3, 0.4) is 0 Å². The number of benzene rings is 1. The molecule has 0 bridgehead atoms. The van der Waals surface area contributed by atoms with Gasteiger partial charge in [-0.15, -0.1) is 0 Å². The maximum absolute atomic E-state index is 12.5. The van der Waals surface area contributed by atoms with Crippen LogP contribution in [0.1, 0.15) is 43.5 Å². The van der Waals surface area contributed by atoms with Gasteiger partial charge in [0, 0.05) is 24.6 Å². The van der Waals surface area contributed by atoms with Crippen molar-refractivity contribution < 1.29 is 14.3 Å². The zero-order valence-corrected chi connectivity index (χ0v) is 13.7. The van der Waals surface area contributed by atoms with Gasteiger partial charge in [-0.05, 0) is 50.5 Å². The SMILES string of the molecule is CCC(C)Oc1ccc(C(=O)N2CCC(C(=O)NN)CC2)cc1. The number of ether oxygens (including phenoxy) is 1. The number of rotatable bonds is 5. The second kappa shape index (κ2) is 7.97. The maximum atomic E-state index is 12.5. The molecule has 1 aromatic rings. The van der Waals surface area contributed by atoms with E-state index in [-0.39, 0.29) is 23.8 Å². The minimum atomic E-state index is -0.149. The van der Waals surface area contributed by atoms with E-state index < -0.39 is 0 Å². The van der Waals surface area contributed by atoms with Crippen LogP contribution >= 0.6 is 0 Å². The maximum Gasteiger partial charge on any atom is 0.253 e. The number of likely N-dealkylation sites (tertiary alicyclic amines) is 1. The lowest BCUT2D eigenvalue weighted by Gasteiger charge is -2.31. The number of amides is 2. The van der Waals surface area contributed by atoms with Crippen molar-refractivity contribution in [3.8, 4) is 5.75 Å². The number of nitrogens with zero attached hydrogens (tertiary/aromatic N) is 1. The summed E-state index contributed by atoms with van der Waals surface area (Å²) in [4.78, 5) is 25.8. The van der Waals surface area contributed by atoms with Gasteiger partial charge in [-0.2, -0.15) is 0 Å². The Balaban J connectivity index is 1.92. The third-order valence-electron chi connectivity index (χ3n) is 4.31. The van der Waals surface area contributed by atoms with Gasteiger partial charge in [0.15, 0.2) is 0 Å². The largest absolute Gasteiger partial charge is 0.491 e. The Labute approximate surface area is 136 Å². The first-order chi connectivity index (χ1) is 11.0. The molecule has 6 nitrogen and oxygen atoms in total. The Morgan fingerprint density at radius 2 is 1.91 bits per heavy atom. The van der Waals surface area contributed by atoms with E-state index in [4.69, 9.17) is 10.6 Å². The standard InChI is InChI=1S/C17H25N3O3/c1-3-12(2)23-15-6-4-14(5-7-15)17(22)20-10-8-13(9-11-20)16(21)19-18/h4-7,12-13H,3,8-11,18H2,1-2H3,(H,19,21). The normalized spacial score (nSPS) is 16.7. The van der Waals surface area contributed by atoms with Crippen molar-refractivity contribution in [3.05, 3.63) is 29.8 Å². The third-order valence-corrected chi connectivity index (χ3v) is 4.31. The van der Waals surface area contributed by atoms with Crippen molar-refractivity contribution in [1.82, 2.24) is 10.3 Å². The van der Waals surface area contributed by atoms with Crippen molar-refractivity contribution in [2.24, 2.45) is 11.8 Å². The Bertz CT molecular complexity index is 537. The summed E-state index contributed by atoms with van der Waals surface area (Å²) < 4.78 is 5.72. The topological polar surface area (TPSA) is 84.7 Å². The van der Waals surface area contributed by atoms with Gasteiger partial charge < -0.3 is 9.64 Å². The summed E-state index contributed by atoms with van der Waals surface area (Å²) in [5.41, 5.74) is 2.82. The summed E-state index contributed by atoms with van der Waals surface area (Å²) in [5, 5.41) is 0. The van der Waals surface area contributed by atoms with Gasteiger partial charge in [-0.25, -0.2) is 5.84 Å². The molecular formula is C17H25N3O3. The predicted octanol–water partition coefficient (Wildman–Crippen LogP) is 1.71. The number of nitrogens with two attached hydrogens (primary N) is 1. The molecule has 0 aliphatic carbocycles. The van der Waals surface area contributed by atoms with Gasteiger partial charge in [-0.1, -0.05) is 6.92 Å². The Morgan fingerprint density at radius 3 is 2.43 bits per heavy atom. The van der Waals surface area contributed by atoms with Crippen LogP contribution in [0, 0.1) is 5.92 Å². The summed E-state index contributed by atoms with van der Waals surface area (Å²) in [6.07, 6.45) is 2.38. The molecule has 2 amide bonds. The zero-order chi connectivity index (χ0) is 16.8. The highest BCUT2D eigenvalue weighted by molar-refractivity contribution is 5.94. The van der Waals surface area contributed by atoms with Crippen LogP contribution < -0.4 is 16.0 Å². The molecule has 0 spiro atoms. The van der Waals surface area contributed by atoms with Crippen LogP contribution in [0.25, 0.3) is 0 Å². The van der Waals surface area contributed by atoms with E-state index in [0.717, 1.165) is 12.2 Å². The fourth-order valence-corrected chi connectivity index (χ4v) is 2.64.